The molecule has 1 aromatic carbocycles. The number of unbranched alkanes of at least 4 members (excludes halogenated alkanes) is 1. The Hall–Kier alpha value is -1.90. The van der Waals surface area contributed by atoms with E-state index in [9.17, 15) is 9.59 Å². The molecule has 0 aromatic heterocycles. The van der Waals surface area contributed by atoms with Crippen LogP contribution >= 0.6 is 0 Å². The summed E-state index contributed by atoms with van der Waals surface area (Å²) in [7, 11) is 1.40. The number of hydrogen-bond donors (Lipinski definition) is 0. The number of ether oxygens (including phenoxy) is 1. The Morgan fingerprint density at radius 3 is 2.19 bits per heavy atom. The van der Waals surface area contributed by atoms with Gasteiger partial charge in [-0.15, -0.1) is 0 Å². The third-order valence-electron chi connectivity index (χ3n) is 5.66. The van der Waals surface area contributed by atoms with E-state index in [0.717, 1.165) is 44.8 Å². The molecular formula is C24H36O3. The van der Waals surface area contributed by atoms with Crippen LogP contribution in [0.4, 0.5) is 0 Å². The van der Waals surface area contributed by atoms with Crippen LogP contribution in [0.1, 0.15) is 88.6 Å². The molecule has 3 heteroatoms. The van der Waals surface area contributed by atoms with E-state index < -0.39 is 0 Å². The Labute approximate surface area is 165 Å². The predicted molar refractivity (Wildman–Crippen MR) is 112 cm³/mol. The van der Waals surface area contributed by atoms with Crippen LogP contribution in [0, 0.1) is 5.41 Å². The van der Waals surface area contributed by atoms with Gasteiger partial charge in [-0.2, -0.15) is 0 Å². The quantitative estimate of drug-likeness (QED) is 0.247. The minimum absolute atomic E-state index is 0.0836. The van der Waals surface area contributed by atoms with E-state index in [0.29, 0.717) is 12.0 Å². The first-order valence-corrected chi connectivity index (χ1v) is 10.2. The van der Waals surface area contributed by atoms with Gasteiger partial charge < -0.3 is 9.53 Å². The van der Waals surface area contributed by atoms with Crippen molar-refractivity contribution in [1.82, 2.24) is 0 Å². The average molecular weight is 373 g/mol. The fourth-order valence-corrected chi connectivity index (χ4v) is 3.71. The van der Waals surface area contributed by atoms with Gasteiger partial charge >= 0.3 is 5.97 Å². The lowest BCUT2D eigenvalue weighted by atomic mass is 9.71. The minimum Gasteiger partial charge on any atom is -0.465 e. The van der Waals surface area contributed by atoms with Gasteiger partial charge in [0, 0.05) is 11.8 Å². The molecule has 0 spiro atoms. The molecule has 0 saturated heterocycles. The lowest BCUT2D eigenvalue weighted by Gasteiger charge is -2.33. The Morgan fingerprint density at radius 1 is 1.04 bits per heavy atom. The third kappa shape index (κ3) is 6.34. The normalized spacial score (nSPS) is 15.9. The van der Waals surface area contributed by atoms with Crippen molar-refractivity contribution in [3.05, 3.63) is 47.5 Å². The van der Waals surface area contributed by atoms with E-state index in [1.165, 1.54) is 12.7 Å². The summed E-state index contributed by atoms with van der Waals surface area (Å²) in [5, 5.41) is 0. The Morgan fingerprint density at radius 2 is 1.70 bits per heavy atom. The van der Waals surface area contributed by atoms with Crippen molar-refractivity contribution in [2.75, 3.05) is 7.11 Å². The zero-order valence-corrected chi connectivity index (χ0v) is 17.7. The van der Waals surface area contributed by atoms with Crippen molar-refractivity contribution >= 4 is 12.3 Å². The monoisotopic (exact) mass is 372 g/mol. The van der Waals surface area contributed by atoms with Crippen LogP contribution in [0.5, 0.6) is 0 Å². The zero-order valence-electron chi connectivity index (χ0n) is 17.7. The fourth-order valence-electron chi connectivity index (χ4n) is 3.71. The van der Waals surface area contributed by atoms with Crippen LogP contribution in [0.3, 0.4) is 0 Å². The average Bonchev–Trinajstić information content (AvgIpc) is 2.69. The molecule has 0 saturated carbocycles. The molecule has 0 radical (unpaired) electrons. The standard InChI is InChI=1S/C24H36O3/c1-6-9-15-23(4,18-19-25)16-17-24(8-3,14-7-2)21-12-10-20(11-13-21)22(26)27-5/h10-13,16-17,19H,6-9,14-15,18H2,1-5H3/b17-16+/t23-,24-/m0/s1. The maximum Gasteiger partial charge on any atom is 0.337 e. The highest BCUT2D eigenvalue weighted by Crippen LogP contribution is 2.38. The predicted octanol–water partition coefficient (Wildman–Crippen LogP) is 6.26. The van der Waals surface area contributed by atoms with Crippen molar-refractivity contribution in [1.29, 1.82) is 0 Å². The topological polar surface area (TPSA) is 43.4 Å². The van der Waals surface area contributed by atoms with Crippen molar-refractivity contribution < 1.29 is 14.3 Å². The summed E-state index contributed by atoms with van der Waals surface area (Å²) in [6.07, 6.45) is 12.5. The summed E-state index contributed by atoms with van der Waals surface area (Å²) in [5.41, 5.74) is 1.60. The summed E-state index contributed by atoms with van der Waals surface area (Å²) < 4.78 is 4.81. The van der Waals surface area contributed by atoms with Gasteiger partial charge in [0.1, 0.15) is 6.29 Å². The summed E-state index contributed by atoms with van der Waals surface area (Å²) in [6, 6.07) is 7.77. The summed E-state index contributed by atoms with van der Waals surface area (Å²) >= 11 is 0. The van der Waals surface area contributed by atoms with Gasteiger partial charge in [0.25, 0.3) is 0 Å². The number of benzene rings is 1. The van der Waals surface area contributed by atoms with Crippen LogP contribution in [0.25, 0.3) is 0 Å². The number of aldehydes is 1. The van der Waals surface area contributed by atoms with Gasteiger partial charge in [0.05, 0.1) is 12.7 Å². The third-order valence-corrected chi connectivity index (χ3v) is 5.66. The number of carbonyl (C=O) groups excluding carboxylic acids is 2. The largest absolute Gasteiger partial charge is 0.465 e. The minimum atomic E-state index is -0.312. The highest BCUT2D eigenvalue weighted by molar-refractivity contribution is 5.89. The maximum absolute atomic E-state index is 11.7. The van der Waals surface area contributed by atoms with Crippen molar-refractivity contribution in [2.45, 2.75) is 78.1 Å². The molecule has 0 aliphatic rings. The SMILES string of the molecule is CCCC[C@@](C)(/C=C/[C@](CC)(CCC)c1ccc(C(=O)OC)cc1)CC=O. The first-order valence-electron chi connectivity index (χ1n) is 10.2. The molecular weight excluding hydrogens is 336 g/mol. The second kappa shape index (κ2) is 11.1. The number of allylic oxidation sites excluding steroid dienone is 2. The highest BCUT2D eigenvalue weighted by Gasteiger charge is 2.29. The highest BCUT2D eigenvalue weighted by atomic mass is 16.5. The van der Waals surface area contributed by atoms with Gasteiger partial charge in [-0.3, -0.25) is 0 Å². The molecule has 1 aromatic rings. The van der Waals surface area contributed by atoms with E-state index >= 15 is 0 Å². The molecule has 0 unspecified atom stereocenters. The lowest BCUT2D eigenvalue weighted by molar-refractivity contribution is -0.109. The van der Waals surface area contributed by atoms with Gasteiger partial charge in [0.2, 0.25) is 0 Å². The molecule has 0 heterocycles. The van der Waals surface area contributed by atoms with E-state index in [1.807, 2.05) is 24.3 Å². The van der Waals surface area contributed by atoms with E-state index in [1.54, 1.807) is 0 Å². The van der Waals surface area contributed by atoms with Gasteiger partial charge in [-0.25, -0.2) is 4.79 Å². The fraction of sp³-hybridized carbons (Fsp3) is 0.583. The van der Waals surface area contributed by atoms with E-state index in [-0.39, 0.29) is 16.8 Å². The number of carbonyl (C=O) groups is 2. The van der Waals surface area contributed by atoms with E-state index in [2.05, 4.69) is 39.8 Å². The van der Waals surface area contributed by atoms with Crippen LogP contribution in [-0.2, 0) is 14.9 Å². The van der Waals surface area contributed by atoms with E-state index in [4.69, 9.17) is 4.74 Å². The number of rotatable bonds is 12. The smallest absolute Gasteiger partial charge is 0.337 e. The first kappa shape index (κ1) is 23.1. The van der Waals surface area contributed by atoms with Crippen LogP contribution < -0.4 is 0 Å². The molecule has 27 heavy (non-hydrogen) atoms. The second-order valence-electron chi connectivity index (χ2n) is 7.79. The Kier molecular flexibility index (Phi) is 9.48. The molecule has 0 aliphatic carbocycles. The van der Waals surface area contributed by atoms with Gasteiger partial charge in [-0.05, 0) is 42.4 Å². The molecule has 0 amide bonds. The Balaban J connectivity index is 3.25. The molecule has 1 rings (SSSR count). The number of hydrogen-bond acceptors (Lipinski definition) is 3. The van der Waals surface area contributed by atoms with Crippen LogP contribution in [0.2, 0.25) is 0 Å². The molecule has 3 nitrogen and oxygen atoms in total. The lowest BCUT2D eigenvalue weighted by Crippen LogP contribution is -2.24. The molecule has 150 valence electrons. The Bertz CT molecular complexity index is 617. The van der Waals surface area contributed by atoms with Gasteiger partial charge in [-0.1, -0.05) is 71.2 Å². The van der Waals surface area contributed by atoms with Gasteiger partial charge in [0.15, 0.2) is 0 Å². The summed E-state index contributed by atoms with van der Waals surface area (Å²) in [6.45, 7) is 8.77. The second-order valence-corrected chi connectivity index (χ2v) is 7.79. The molecule has 0 aliphatic heterocycles. The number of methoxy groups -OCH3 is 1. The molecule has 2 atom stereocenters. The van der Waals surface area contributed by atoms with Crippen molar-refractivity contribution in [3.8, 4) is 0 Å². The van der Waals surface area contributed by atoms with Crippen LogP contribution in [-0.4, -0.2) is 19.4 Å². The molecule has 0 fully saturated rings. The number of esters is 1. The zero-order chi connectivity index (χ0) is 20.3. The summed E-state index contributed by atoms with van der Waals surface area (Å²) in [4.78, 5) is 23.0. The van der Waals surface area contributed by atoms with Crippen molar-refractivity contribution in [3.63, 3.8) is 0 Å². The van der Waals surface area contributed by atoms with Crippen molar-refractivity contribution in [2.24, 2.45) is 5.41 Å². The summed E-state index contributed by atoms with van der Waals surface area (Å²) in [5.74, 6) is -0.312. The van der Waals surface area contributed by atoms with Crippen LogP contribution in [0.15, 0.2) is 36.4 Å². The molecule has 0 bridgehead atoms. The molecule has 0 N–H and O–H groups in total. The first-order chi connectivity index (χ1) is 12.9. The maximum atomic E-state index is 11.7.